The van der Waals surface area contributed by atoms with E-state index in [1.165, 1.54) is 0 Å². The van der Waals surface area contributed by atoms with E-state index in [1.54, 1.807) is 11.3 Å². The molecule has 0 saturated carbocycles. The number of β-amino-alcohol motifs (C(OH)–C–C–N with tert-alkyl or cyclic N) is 1. The lowest BCUT2D eigenvalue weighted by Crippen LogP contribution is -2.21. The molecule has 1 aliphatic rings. The number of likely N-dealkylation sites (tertiary alicyclic amines) is 1. The normalized spacial score (nSPS) is 21.1. The van der Waals surface area contributed by atoms with Crippen LogP contribution in [0.15, 0.2) is 22.0 Å². The molecule has 0 spiro atoms. The molecule has 0 bridgehead atoms. The molecule has 90 valence electrons. The lowest BCUT2D eigenvalue weighted by atomic mass is 10.3. The Kier molecular flexibility index (Phi) is 2.92. The van der Waals surface area contributed by atoms with Crippen molar-refractivity contribution >= 4 is 11.3 Å². The molecule has 1 atom stereocenters. The summed E-state index contributed by atoms with van der Waals surface area (Å²) in [6.45, 7) is 2.20. The van der Waals surface area contributed by atoms with E-state index in [0.717, 1.165) is 17.8 Å². The van der Waals surface area contributed by atoms with E-state index >= 15 is 0 Å². The van der Waals surface area contributed by atoms with Crippen LogP contribution in [0.4, 0.5) is 0 Å². The summed E-state index contributed by atoms with van der Waals surface area (Å²) in [6, 6.07) is 3.94. The van der Waals surface area contributed by atoms with Gasteiger partial charge >= 0.3 is 0 Å². The van der Waals surface area contributed by atoms with Gasteiger partial charge in [0.15, 0.2) is 0 Å². The summed E-state index contributed by atoms with van der Waals surface area (Å²) in [5.41, 5.74) is 0. The molecule has 0 amide bonds. The fraction of sp³-hybridized carbons (Fsp3) is 0.455. The predicted molar refractivity (Wildman–Crippen MR) is 63.5 cm³/mol. The largest absolute Gasteiger partial charge is 0.392 e. The Hall–Kier alpha value is -1.24. The first kappa shape index (κ1) is 10.9. The predicted octanol–water partition coefficient (Wildman–Crippen LogP) is 1.36. The molecule has 2 aromatic heterocycles. The zero-order valence-corrected chi connectivity index (χ0v) is 10.1. The molecule has 2 aromatic rings. The molecule has 1 aliphatic heterocycles. The van der Waals surface area contributed by atoms with Gasteiger partial charge in [-0.3, -0.25) is 4.90 Å². The molecule has 6 heteroatoms. The van der Waals surface area contributed by atoms with Crippen LogP contribution in [0, 0.1) is 0 Å². The lowest BCUT2D eigenvalue weighted by Gasteiger charge is -2.10. The van der Waals surface area contributed by atoms with Gasteiger partial charge < -0.3 is 9.63 Å². The van der Waals surface area contributed by atoms with Gasteiger partial charge in [-0.1, -0.05) is 11.2 Å². The highest BCUT2D eigenvalue weighted by molar-refractivity contribution is 7.13. The quantitative estimate of drug-likeness (QED) is 0.892. The molecule has 5 nitrogen and oxygen atoms in total. The van der Waals surface area contributed by atoms with E-state index in [0.29, 0.717) is 24.8 Å². The molecule has 0 unspecified atom stereocenters. The SMILES string of the molecule is O[C@H]1CCN(Cc2nc(-c3cccs3)no2)C1. The molecule has 0 aromatic carbocycles. The second-order valence-corrected chi connectivity index (χ2v) is 5.11. The topological polar surface area (TPSA) is 62.4 Å². The fourth-order valence-corrected chi connectivity index (χ4v) is 2.62. The molecule has 3 rings (SSSR count). The number of hydrogen-bond donors (Lipinski definition) is 1. The van der Waals surface area contributed by atoms with Crippen LogP contribution in [0.25, 0.3) is 10.7 Å². The average molecular weight is 251 g/mol. The van der Waals surface area contributed by atoms with Gasteiger partial charge in [0.25, 0.3) is 0 Å². The van der Waals surface area contributed by atoms with Crippen molar-refractivity contribution in [2.45, 2.75) is 19.1 Å². The van der Waals surface area contributed by atoms with Crippen LogP contribution >= 0.6 is 11.3 Å². The fourth-order valence-electron chi connectivity index (χ4n) is 1.97. The van der Waals surface area contributed by atoms with Crippen molar-refractivity contribution in [3.63, 3.8) is 0 Å². The number of rotatable bonds is 3. The molecule has 0 aliphatic carbocycles. The van der Waals surface area contributed by atoms with Gasteiger partial charge in [-0.05, 0) is 17.9 Å². The maximum Gasteiger partial charge on any atom is 0.241 e. The molecule has 1 N–H and O–H groups in total. The zero-order valence-electron chi connectivity index (χ0n) is 9.24. The summed E-state index contributed by atoms with van der Waals surface area (Å²) >= 11 is 1.59. The van der Waals surface area contributed by atoms with Gasteiger partial charge in [-0.25, -0.2) is 0 Å². The monoisotopic (exact) mass is 251 g/mol. The Bertz CT molecular complexity index is 483. The van der Waals surface area contributed by atoms with Gasteiger partial charge in [0.1, 0.15) is 0 Å². The van der Waals surface area contributed by atoms with Crippen molar-refractivity contribution in [3.8, 4) is 10.7 Å². The third kappa shape index (κ3) is 2.38. The minimum absolute atomic E-state index is 0.213. The molecule has 1 fully saturated rings. The minimum atomic E-state index is -0.213. The second kappa shape index (κ2) is 4.56. The highest BCUT2D eigenvalue weighted by Crippen LogP contribution is 2.22. The number of aliphatic hydroxyl groups excluding tert-OH is 1. The Balaban J connectivity index is 1.69. The van der Waals surface area contributed by atoms with Crippen LogP contribution in [0.3, 0.4) is 0 Å². The summed E-state index contributed by atoms with van der Waals surface area (Å²) in [6.07, 6.45) is 0.612. The molecule has 1 saturated heterocycles. The Morgan fingerprint density at radius 2 is 2.53 bits per heavy atom. The maximum atomic E-state index is 9.43. The third-order valence-electron chi connectivity index (χ3n) is 2.82. The number of thiophene rings is 1. The van der Waals surface area contributed by atoms with Gasteiger partial charge in [-0.15, -0.1) is 11.3 Å². The summed E-state index contributed by atoms with van der Waals surface area (Å²) in [4.78, 5) is 7.49. The number of hydrogen-bond acceptors (Lipinski definition) is 6. The van der Waals surface area contributed by atoms with Crippen molar-refractivity contribution in [1.82, 2.24) is 15.0 Å². The van der Waals surface area contributed by atoms with Crippen LogP contribution in [-0.4, -0.2) is 39.3 Å². The van der Waals surface area contributed by atoms with Crippen molar-refractivity contribution in [2.75, 3.05) is 13.1 Å². The van der Waals surface area contributed by atoms with Crippen molar-refractivity contribution in [3.05, 3.63) is 23.4 Å². The zero-order chi connectivity index (χ0) is 11.7. The number of aromatic nitrogens is 2. The molecular formula is C11H13N3O2S. The van der Waals surface area contributed by atoms with E-state index in [9.17, 15) is 5.11 Å². The van der Waals surface area contributed by atoms with Gasteiger partial charge in [-0.2, -0.15) is 4.98 Å². The minimum Gasteiger partial charge on any atom is -0.392 e. The van der Waals surface area contributed by atoms with Crippen LogP contribution in [0.1, 0.15) is 12.3 Å². The van der Waals surface area contributed by atoms with Crippen molar-refractivity contribution < 1.29 is 9.63 Å². The van der Waals surface area contributed by atoms with Crippen LogP contribution in [-0.2, 0) is 6.54 Å². The van der Waals surface area contributed by atoms with E-state index in [-0.39, 0.29) is 6.10 Å². The first-order valence-electron chi connectivity index (χ1n) is 5.58. The van der Waals surface area contributed by atoms with Gasteiger partial charge in [0.05, 0.1) is 17.5 Å². The highest BCUT2D eigenvalue weighted by Gasteiger charge is 2.22. The Labute approximate surface area is 103 Å². The second-order valence-electron chi connectivity index (χ2n) is 4.17. The molecule has 3 heterocycles. The third-order valence-corrected chi connectivity index (χ3v) is 3.68. The average Bonchev–Trinajstić information content (AvgIpc) is 3.00. The van der Waals surface area contributed by atoms with Gasteiger partial charge in [0, 0.05) is 13.1 Å². The van der Waals surface area contributed by atoms with Crippen molar-refractivity contribution in [2.24, 2.45) is 0 Å². The maximum absolute atomic E-state index is 9.43. The van der Waals surface area contributed by atoms with Crippen LogP contribution in [0.5, 0.6) is 0 Å². The van der Waals surface area contributed by atoms with E-state index in [1.807, 2.05) is 17.5 Å². The Morgan fingerprint density at radius 1 is 1.59 bits per heavy atom. The standard InChI is InChI=1S/C11H13N3O2S/c15-8-3-4-14(6-8)7-10-12-11(13-16-10)9-2-1-5-17-9/h1-2,5,8,15H,3-4,6-7H2/t8-/m0/s1. The Morgan fingerprint density at radius 3 is 3.24 bits per heavy atom. The smallest absolute Gasteiger partial charge is 0.241 e. The van der Waals surface area contributed by atoms with Crippen LogP contribution < -0.4 is 0 Å². The number of nitrogens with zero attached hydrogens (tertiary/aromatic N) is 3. The summed E-state index contributed by atoms with van der Waals surface area (Å²) in [7, 11) is 0. The van der Waals surface area contributed by atoms with Gasteiger partial charge in [0.2, 0.25) is 11.7 Å². The summed E-state index contributed by atoms with van der Waals surface area (Å²) < 4.78 is 5.21. The number of aliphatic hydroxyl groups is 1. The first-order chi connectivity index (χ1) is 8.31. The van der Waals surface area contributed by atoms with E-state index in [2.05, 4.69) is 15.0 Å². The molecular weight excluding hydrogens is 238 g/mol. The first-order valence-corrected chi connectivity index (χ1v) is 6.46. The van der Waals surface area contributed by atoms with Crippen molar-refractivity contribution in [1.29, 1.82) is 0 Å². The summed E-state index contributed by atoms with van der Waals surface area (Å²) in [5.74, 6) is 1.26. The molecule has 0 radical (unpaired) electrons. The van der Waals surface area contributed by atoms with E-state index in [4.69, 9.17) is 4.52 Å². The highest BCUT2D eigenvalue weighted by atomic mass is 32.1. The van der Waals surface area contributed by atoms with Crippen LogP contribution in [0.2, 0.25) is 0 Å². The summed E-state index contributed by atoms with van der Waals surface area (Å²) in [5, 5.41) is 15.4. The van der Waals surface area contributed by atoms with E-state index < -0.39 is 0 Å². The lowest BCUT2D eigenvalue weighted by molar-refractivity contribution is 0.169. The molecule has 17 heavy (non-hydrogen) atoms.